The van der Waals surface area contributed by atoms with Gasteiger partial charge in [0.2, 0.25) is 0 Å². The second-order valence-electron chi connectivity index (χ2n) is 8.95. The Balaban J connectivity index is 1.53. The molecule has 0 radical (unpaired) electrons. The van der Waals surface area contributed by atoms with Crippen LogP contribution in [0.4, 0.5) is 11.5 Å². The molecule has 0 bridgehead atoms. The van der Waals surface area contributed by atoms with Crippen molar-refractivity contribution in [1.82, 2.24) is 14.9 Å². The van der Waals surface area contributed by atoms with Crippen molar-refractivity contribution in [2.45, 2.75) is 25.4 Å². The lowest BCUT2D eigenvalue weighted by Crippen LogP contribution is -2.36. The predicted molar refractivity (Wildman–Crippen MR) is 142 cm³/mol. The van der Waals surface area contributed by atoms with E-state index in [9.17, 15) is 4.89 Å². The first-order valence-corrected chi connectivity index (χ1v) is 14.2. The van der Waals surface area contributed by atoms with Crippen LogP contribution >= 0.6 is 19.5 Å². The molecule has 34 heavy (non-hydrogen) atoms. The monoisotopic (exact) mass is 498 g/mol. The summed E-state index contributed by atoms with van der Waals surface area (Å²) in [6.07, 6.45) is 5.30. The number of fused-ring (bicyclic) bond motifs is 1. The summed E-state index contributed by atoms with van der Waals surface area (Å²) in [5.74, 6) is 1.53. The Hall–Kier alpha value is -2.16. The fourth-order valence-electron chi connectivity index (χ4n) is 4.76. The Kier molecular flexibility index (Phi) is 7.09. The number of nitrogen functional groups attached to an aromatic ring is 1. The minimum Gasteiger partial charge on any atom is -0.398 e. The summed E-state index contributed by atoms with van der Waals surface area (Å²) >= 11 is 1.76. The van der Waals surface area contributed by atoms with Crippen molar-refractivity contribution in [2.24, 2.45) is 0 Å². The van der Waals surface area contributed by atoms with Gasteiger partial charge in [-0.3, -0.25) is 4.90 Å². The van der Waals surface area contributed by atoms with Gasteiger partial charge in [0.1, 0.15) is 0 Å². The highest BCUT2D eigenvalue weighted by molar-refractivity contribution is 7.51. The van der Waals surface area contributed by atoms with Gasteiger partial charge in [0, 0.05) is 61.7 Å². The molecule has 10 heteroatoms. The number of thiophene rings is 1. The molecule has 5 rings (SSSR count). The zero-order valence-electron chi connectivity index (χ0n) is 19.4. The van der Waals surface area contributed by atoms with Crippen molar-refractivity contribution in [2.75, 3.05) is 56.3 Å². The maximum atomic E-state index is 9.92. The van der Waals surface area contributed by atoms with E-state index in [4.69, 9.17) is 25.8 Å². The number of nitrogens with two attached hydrogens (primary N) is 1. The van der Waals surface area contributed by atoms with Gasteiger partial charge in [-0.2, -0.15) is 0 Å². The zero-order valence-corrected chi connectivity index (χ0v) is 21.1. The fourth-order valence-corrected chi connectivity index (χ4v) is 7.35. The van der Waals surface area contributed by atoms with Crippen molar-refractivity contribution in [3.8, 4) is 11.4 Å². The van der Waals surface area contributed by atoms with Crippen LogP contribution < -0.4 is 10.6 Å². The maximum Gasteiger partial charge on any atom is 0.162 e. The molecule has 0 saturated carbocycles. The van der Waals surface area contributed by atoms with Crippen LogP contribution in [-0.4, -0.2) is 77.7 Å². The Morgan fingerprint density at radius 1 is 1.29 bits per heavy atom. The quantitative estimate of drug-likeness (QED) is 0.270. The largest absolute Gasteiger partial charge is 0.398 e. The molecule has 0 aliphatic carbocycles. The van der Waals surface area contributed by atoms with Crippen molar-refractivity contribution in [1.29, 1.82) is 5.41 Å². The average molecular weight is 499 g/mol. The van der Waals surface area contributed by atoms with Gasteiger partial charge in [-0.1, -0.05) is 12.1 Å². The summed E-state index contributed by atoms with van der Waals surface area (Å²) in [6, 6.07) is 8.31. The second-order valence-corrected chi connectivity index (χ2v) is 12.0. The summed E-state index contributed by atoms with van der Waals surface area (Å²) < 4.78 is 6.68. The molecule has 2 aliphatic rings. The molecule has 2 fully saturated rings. The van der Waals surface area contributed by atoms with Crippen LogP contribution in [0.1, 0.15) is 23.3 Å². The first-order chi connectivity index (χ1) is 16.5. The molecule has 4 heterocycles. The van der Waals surface area contributed by atoms with Crippen molar-refractivity contribution < 1.29 is 9.63 Å². The van der Waals surface area contributed by atoms with Crippen molar-refractivity contribution in [3.63, 3.8) is 0 Å². The third kappa shape index (κ3) is 4.81. The van der Waals surface area contributed by atoms with Gasteiger partial charge in [0.15, 0.2) is 11.6 Å². The molecule has 180 valence electrons. The topological polar surface area (TPSA) is 112 Å². The molecule has 3 aromatic rings. The minimum absolute atomic E-state index is 0.513. The summed E-state index contributed by atoms with van der Waals surface area (Å²) in [4.78, 5) is 25.8. The van der Waals surface area contributed by atoms with E-state index < -0.39 is 8.15 Å². The minimum atomic E-state index is -0.746. The summed E-state index contributed by atoms with van der Waals surface area (Å²) in [5.41, 5.74) is 9.05. The van der Waals surface area contributed by atoms with Crippen molar-refractivity contribution in [3.05, 3.63) is 34.7 Å². The van der Waals surface area contributed by atoms with Crippen LogP contribution in [0.15, 0.2) is 24.3 Å². The number of rotatable bonds is 6. The number of nitrogens with one attached hydrogen (secondary N) is 1. The van der Waals surface area contributed by atoms with Crippen LogP contribution in [0.3, 0.4) is 0 Å². The number of hydrogen-bond acceptors (Lipinski definition) is 9. The molecule has 0 atom stereocenters. The number of morpholine rings is 1. The first kappa shape index (κ1) is 23.6. The number of ether oxygens (including phenoxy) is 1. The molecule has 8 nitrogen and oxygen atoms in total. The fraction of sp³-hybridized carbons (Fsp3) is 0.458. The lowest BCUT2D eigenvalue weighted by molar-refractivity contribution is 0.122. The van der Waals surface area contributed by atoms with Crippen LogP contribution in [0.2, 0.25) is 0 Å². The SMILES string of the molecule is CN(Cc1cc2nc(-c3cccc(N)c3C=N)nc(N3CCOCC3)c2s1)C1CCP(O)CC1. The Morgan fingerprint density at radius 2 is 2.06 bits per heavy atom. The smallest absolute Gasteiger partial charge is 0.162 e. The van der Waals surface area contributed by atoms with Gasteiger partial charge < -0.3 is 25.7 Å². The van der Waals surface area contributed by atoms with E-state index in [-0.39, 0.29) is 0 Å². The Bertz CT molecular complexity index is 1170. The van der Waals surface area contributed by atoms with Crippen LogP contribution in [0, 0.1) is 5.41 Å². The van der Waals surface area contributed by atoms with Gasteiger partial charge in [0.25, 0.3) is 0 Å². The average Bonchev–Trinajstić information content (AvgIpc) is 3.26. The van der Waals surface area contributed by atoms with E-state index in [1.807, 2.05) is 12.1 Å². The summed E-state index contributed by atoms with van der Waals surface area (Å²) in [6.45, 7) is 3.80. The van der Waals surface area contributed by atoms with Crippen molar-refractivity contribution >= 4 is 47.4 Å². The highest BCUT2D eigenvalue weighted by atomic mass is 32.1. The second kappa shape index (κ2) is 10.2. The van der Waals surface area contributed by atoms with Crippen LogP contribution in [0.25, 0.3) is 21.6 Å². The Morgan fingerprint density at radius 3 is 2.79 bits per heavy atom. The summed E-state index contributed by atoms with van der Waals surface area (Å²) in [7, 11) is 1.44. The first-order valence-electron chi connectivity index (χ1n) is 11.7. The molecule has 2 aromatic heterocycles. The molecule has 1 aromatic carbocycles. The molecule has 0 spiro atoms. The van der Waals surface area contributed by atoms with Gasteiger partial charge >= 0.3 is 0 Å². The van der Waals surface area contributed by atoms with Gasteiger partial charge in [-0.15, -0.1) is 11.3 Å². The normalized spacial score (nSPS) is 21.3. The summed E-state index contributed by atoms with van der Waals surface area (Å²) in [5, 5.41) is 7.87. The maximum absolute atomic E-state index is 9.92. The van der Waals surface area contributed by atoms with Crippen LogP contribution in [0.5, 0.6) is 0 Å². The van der Waals surface area contributed by atoms with E-state index in [1.54, 1.807) is 17.4 Å². The molecule has 2 aliphatic heterocycles. The van der Waals surface area contributed by atoms with E-state index in [0.717, 1.165) is 66.4 Å². The van der Waals surface area contributed by atoms with Gasteiger partial charge in [0.05, 0.1) is 23.4 Å². The molecule has 0 unspecified atom stereocenters. The molecular formula is C24H31N6O2PS. The zero-order chi connectivity index (χ0) is 23.7. The van der Waals surface area contributed by atoms with E-state index in [1.165, 1.54) is 11.1 Å². The highest BCUT2D eigenvalue weighted by Gasteiger charge is 2.25. The molecule has 0 amide bonds. The third-order valence-electron chi connectivity index (χ3n) is 6.71. The van der Waals surface area contributed by atoms with Crippen LogP contribution in [-0.2, 0) is 11.3 Å². The number of nitrogens with zero attached hydrogens (tertiary/aromatic N) is 4. The Labute approximate surface area is 205 Å². The molecule has 2 saturated heterocycles. The highest BCUT2D eigenvalue weighted by Crippen LogP contribution is 2.39. The number of aromatic nitrogens is 2. The lowest BCUT2D eigenvalue weighted by atomic mass is 10.1. The van der Waals surface area contributed by atoms with E-state index in [0.29, 0.717) is 36.3 Å². The lowest BCUT2D eigenvalue weighted by Gasteiger charge is -2.32. The van der Waals surface area contributed by atoms with Gasteiger partial charge in [-0.25, -0.2) is 9.97 Å². The standard InChI is InChI=1S/C24H31N6O2PS/c1-29(16-5-11-33(31)12-6-16)15-17-13-21-22(34-17)24(30-7-9-32-10-8-30)28-23(27-21)18-3-2-4-20(26)19(18)14-25/h2-4,13-14,16,25,31H,5-12,15,26H2,1H3. The third-order valence-corrected chi connectivity index (χ3v) is 9.36. The van der Waals surface area contributed by atoms with E-state index in [2.05, 4.69) is 22.9 Å². The number of hydrogen-bond donors (Lipinski definition) is 3. The van der Waals surface area contributed by atoms with E-state index >= 15 is 0 Å². The number of anilines is 2. The molecule has 4 N–H and O–H groups in total. The molecular weight excluding hydrogens is 467 g/mol. The van der Waals surface area contributed by atoms with Gasteiger partial charge in [-0.05, 0) is 44.3 Å². The predicted octanol–water partition coefficient (Wildman–Crippen LogP) is 3.76. The number of benzene rings is 1.